The lowest BCUT2D eigenvalue weighted by atomic mass is 10.3. The summed E-state index contributed by atoms with van der Waals surface area (Å²) in [5.74, 6) is 0.637. The number of nitrogens with zero attached hydrogens (tertiary/aromatic N) is 3. The minimum Gasteiger partial charge on any atom is -0.390 e. The van der Waals surface area contributed by atoms with Gasteiger partial charge in [-0.15, -0.1) is 16.9 Å². The lowest BCUT2D eigenvalue weighted by Crippen LogP contribution is -2.19. The van der Waals surface area contributed by atoms with E-state index >= 15 is 0 Å². The maximum Gasteiger partial charge on any atom is 0.113 e. The van der Waals surface area contributed by atoms with Crippen molar-refractivity contribution in [1.29, 1.82) is 0 Å². The molecule has 1 N–H and O–H groups in total. The van der Waals surface area contributed by atoms with E-state index in [0.29, 0.717) is 12.3 Å². The van der Waals surface area contributed by atoms with Gasteiger partial charge in [0.2, 0.25) is 0 Å². The number of benzene rings is 2. The van der Waals surface area contributed by atoms with E-state index in [1.807, 2.05) is 54.6 Å². The van der Waals surface area contributed by atoms with Gasteiger partial charge in [0.1, 0.15) is 5.52 Å². The lowest BCUT2D eigenvalue weighted by molar-refractivity contribution is 0.174. The molecule has 0 saturated heterocycles. The van der Waals surface area contributed by atoms with E-state index in [2.05, 4.69) is 10.3 Å². The number of hydrogen-bond acceptors (Lipinski definition) is 4. The first kappa shape index (κ1) is 13.1. The maximum absolute atomic E-state index is 10.1. The molecule has 3 aromatic rings. The molecule has 2 aromatic carbocycles. The molecule has 0 spiro atoms. The minimum atomic E-state index is -0.453. The van der Waals surface area contributed by atoms with Crippen LogP contribution in [0, 0.1) is 0 Å². The smallest absolute Gasteiger partial charge is 0.113 e. The third-order valence-corrected chi connectivity index (χ3v) is 4.15. The van der Waals surface area contributed by atoms with Crippen LogP contribution in [0.1, 0.15) is 0 Å². The van der Waals surface area contributed by atoms with Gasteiger partial charge in [0.25, 0.3) is 0 Å². The van der Waals surface area contributed by atoms with Crippen LogP contribution in [-0.4, -0.2) is 32.0 Å². The number of aliphatic hydroxyl groups excluding tert-OH is 1. The van der Waals surface area contributed by atoms with Crippen molar-refractivity contribution < 1.29 is 5.11 Å². The molecule has 0 radical (unpaired) electrons. The van der Waals surface area contributed by atoms with Gasteiger partial charge >= 0.3 is 0 Å². The molecule has 1 unspecified atom stereocenters. The molecule has 102 valence electrons. The fourth-order valence-corrected chi connectivity index (χ4v) is 2.85. The first-order valence-electron chi connectivity index (χ1n) is 6.47. The van der Waals surface area contributed by atoms with E-state index in [9.17, 15) is 5.11 Å². The van der Waals surface area contributed by atoms with Crippen molar-refractivity contribution in [1.82, 2.24) is 15.0 Å². The second kappa shape index (κ2) is 6.07. The molecule has 0 saturated carbocycles. The summed E-state index contributed by atoms with van der Waals surface area (Å²) in [5.41, 5.74) is 1.81. The molecule has 1 heterocycles. The third kappa shape index (κ3) is 3.00. The van der Waals surface area contributed by atoms with Gasteiger partial charge in [0.15, 0.2) is 0 Å². The van der Waals surface area contributed by atoms with Crippen LogP contribution in [0.15, 0.2) is 59.5 Å². The Hall–Kier alpha value is -1.85. The Kier molecular flexibility index (Phi) is 3.99. The summed E-state index contributed by atoms with van der Waals surface area (Å²) in [6.07, 6.45) is -0.453. The molecular formula is C15H15N3OS. The SMILES string of the molecule is OC(CSc1ccccc1)Cn1nnc2ccccc21. The summed E-state index contributed by atoms with van der Waals surface area (Å²) in [6.45, 7) is 0.459. The van der Waals surface area contributed by atoms with Crippen molar-refractivity contribution in [3.63, 3.8) is 0 Å². The first-order chi connectivity index (χ1) is 9.83. The highest BCUT2D eigenvalue weighted by Crippen LogP contribution is 2.19. The Bertz CT molecular complexity index is 684. The molecule has 3 rings (SSSR count). The van der Waals surface area contributed by atoms with Crippen LogP contribution in [0.25, 0.3) is 11.0 Å². The van der Waals surface area contributed by atoms with Gasteiger partial charge in [-0.25, -0.2) is 4.68 Å². The summed E-state index contributed by atoms with van der Waals surface area (Å²) >= 11 is 1.64. The van der Waals surface area contributed by atoms with Crippen LogP contribution in [0.2, 0.25) is 0 Å². The Morgan fingerprint density at radius 3 is 2.65 bits per heavy atom. The first-order valence-corrected chi connectivity index (χ1v) is 7.45. The van der Waals surface area contributed by atoms with Crippen molar-refractivity contribution in [3.05, 3.63) is 54.6 Å². The highest BCUT2D eigenvalue weighted by molar-refractivity contribution is 7.99. The second-order valence-corrected chi connectivity index (χ2v) is 5.63. The Balaban J connectivity index is 1.63. The van der Waals surface area contributed by atoms with Crippen molar-refractivity contribution in [2.24, 2.45) is 0 Å². The molecule has 4 nitrogen and oxygen atoms in total. The van der Waals surface area contributed by atoms with E-state index < -0.39 is 6.10 Å². The molecule has 1 aromatic heterocycles. The summed E-state index contributed by atoms with van der Waals surface area (Å²) in [4.78, 5) is 1.16. The van der Waals surface area contributed by atoms with Crippen molar-refractivity contribution in [3.8, 4) is 0 Å². The normalized spacial score (nSPS) is 12.7. The van der Waals surface area contributed by atoms with Crippen molar-refractivity contribution in [2.45, 2.75) is 17.5 Å². The Labute approximate surface area is 121 Å². The molecule has 0 bridgehead atoms. The number of rotatable bonds is 5. The summed E-state index contributed by atoms with van der Waals surface area (Å²) < 4.78 is 1.76. The number of thioether (sulfide) groups is 1. The Morgan fingerprint density at radius 1 is 1.05 bits per heavy atom. The molecule has 0 fully saturated rings. The average Bonchev–Trinajstić information content (AvgIpc) is 2.90. The largest absolute Gasteiger partial charge is 0.390 e. The zero-order valence-electron chi connectivity index (χ0n) is 10.9. The maximum atomic E-state index is 10.1. The monoisotopic (exact) mass is 285 g/mol. The zero-order valence-corrected chi connectivity index (χ0v) is 11.7. The fraction of sp³-hybridized carbons (Fsp3) is 0.200. The number of aliphatic hydroxyl groups is 1. The van der Waals surface area contributed by atoms with Gasteiger partial charge in [0.05, 0.1) is 18.2 Å². The molecule has 0 aliphatic rings. The number of hydrogen-bond donors (Lipinski definition) is 1. The lowest BCUT2D eigenvalue weighted by Gasteiger charge is -2.10. The molecular weight excluding hydrogens is 270 g/mol. The predicted octanol–water partition coefficient (Wildman–Crippen LogP) is 2.58. The van der Waals surface area contributed by atoms with Gasteiger partial charge in [-0.2, -0.15) is 0 Å². The van der Waals surface area contributed by atoms with Gasteiger partial charge in [-0.1, -0.05) is 35.5 Å². The zero-order chi connectivity index (χ0) is 13.8. The van der Waals surface area contributed by atoms with Crippen LogP contribution in [-0.2, 0) is 6.54 Å². The van der Waals surface area contributed by atoms with Crippen LogP contribution < -0.4 is 0 Å². The summed E-state index contributed by atoms with van der Waals surface area (Å²) in [7, 11) is 0. The molecule has 0 amide bonds. The van der Waals surface area contributed by atoms with Crippen molar-refractivity contribution in [2.75, 3.05) is 5.75 Å². The average molecular weight is 285 g/mol. The predicted molar refractivity (Wildman–Crippen MR) is 80.7 cm³/mol. The quantitative estimate of drug-likeness (QED) is 0.732. The molecule has 1 atom stereocenters. The van der Waals surface area contributed by atoms with Gasteiger partial charge in [0, 0.05) is 10.6 Å². The van der Waals surface area contributed by atoms with Crippen LogP contribution in [0.4, 0.5) is 0 Å². The van der Waals surface area contributed by atoms with E-state index in [-0.39, 0.29) is 0 Å². The van der Waals surface area contributed by atoms with E-state index in [0.717, 1.165) is 15.9 Å². The molecule has 0 aliphatic carbocycles. The van der Waals surface area contributed by atoms with E-state index in [1.54, 1.807) is 16.4 Å². The second-order valence-electron chi connectivity index (χ2n) is 4.54. The number of aromatic nitrogens is 3. The van der Waals surface area contributed by atoms with Crippen LogP contribution >= 0.6 is 11.8 Å². The summed E-state index contributed by atoms with van der Waals surface area (Å²) in [5, 5.41) is 18.3. The standard InChI is InChI=1S/C15H15N3OS/c19-12(11-20-13-6-2-1-3-7-13)10-18-15-9-5-4-8-14(15)16-17-18/h1-9,12,19H,10-11H2. The minimum absolute atomic E-state index is 0.453. The third-order valence-electron chi connectivity index (χ3n) is 2.99. The summed E-state index contributed by atoms with van der Waals surface area (Å²) in [6, 6.07) is 17.8. The van der Waals surface area contributed by atoms with Crippen LogP contribution in [0.3, 0.4) is 0 Å². The van der Waals surface area contributed by atoms with Gasteiger partial charge in [-0.3, -0.25) is 0 Å². The fourth-order valence-electron chi connectivity index (χ4n) is 2.01. The van der Waals surface area contributed by atoms with Gasteiger partial charge < -0.3 is 5.11 Å². The van der Waals surface area contributed by atoms with Crippen molar-refractivity contribution >= 4 is 22.8 Å². The van der Waals surface area contributed by atoms with E-state index in [1.165, 1.54) is 0 Å². The molecule has 0 aliphatic heterocycles. The molecule has 5 heteroatoms. The Morgan fingerprint density at radius 2 is 1.80 bits per heavy atom. The number of fused-ring (bicyclic) bond motifs is 1. The highest BCUT2D eigenvalue weighted by Gasteiger charge is 2.10. The van der Waals surface area contributed by atoms with E-state index in [4.69, 9.17) is 0 Å². The number of para-hydroxylation sites is 1. The van der Waals surface area contributed by atoms with Gasteiger partial charge in [-0.05, 0) is 24.3 Å². The van der Waals surface area contributed by atoms with Crippen LogP contribution in [0.5, 0.6) is 0 Å². The topological polar surface area (TPSA) is 50.9 Å². The highest BCUT2D eigenvalue weighted by atomic mass is 32.2. The molecule has 20 heavy (non-hydrogen) atoms.